The maximum Gasteiger partial charge on any atom is 0.134 e. The fourth-order valence-corrected chi connectivity index (χ4v) is 2.34. The number of hydrogen-bond donors (Lipinski definition) is 1. The quantitative estimate of drug-likeness (QED) is 0.820. The molecule has 2 rings (SSSR count). The molecule has 0 aromatic carbocycles. The molecule has 0 amide bonds. The Kier molecular flexibility index (Phi) is 5.00. The number of rotatable bonds is 7. The summed E-state index contributed by atoms with van der Waals surface area (Å²) in [6, 6.07) is 2.08. The van der Waals surface area contributed by atoms with Crippen molar-refractivity contribution in [3.05, 3.63) is 11.9 Å². The van der Waals surface area contributed by atoms with Crippen LogP contribution >= 0.6 is 0 Å². The summed E-state index contributed by atoms with van der Waals surface area (Å²) in [6.07, 6.45) is 6.13. The molecular weight excluding hydrogens is 236 g/mol. The molecule has 1 aliphatic carbocycles. The standard InChI is InChI=1S/C15H26N4/c1-4-9-16-14-10-15(18-13(5-2)17-14)19(3)11-12-7-6-8-12/h10,12H,4-9,11H2,1-3H3,(H,16,17,18). The summed E-state index contributed by atoms with van der Waals surface area (Å²) in [5.74, 6) is 3.80. The average molecular weight is 262 g/mol. The van der Waals surface area contributed by atoms with Gasteiger partial charge >= 0.3 is 0 Å². The number of nitrogens with zero attached hydrogens (tertiary/aromatic N) is 3. The minimum Gasteiger partial charge on any atom is -0.370 e. The molecule has 1 aromatic rings. The Morgan fingerprint density at radius 3 is 2.68 bits per heavy atom. The lowest BCUT2D eigenvalue weighted by Crippen LogP contribution is -2.30. The van der Waals surface area contributed by atoms with E-state index >= 15 is 0 Å². The summed E-state index contributed by atoms with van der Waals surface area (Å²) in [5.41, 5.74) is 0. The maximum atomic E-state index is 4.65. The van der Waals surface area contributed by atoms with Gasteiger partial charge in [-0.3, -0.25) is 0 Å². The third kappa shape index (κ3) is 3.82. The summed E-state index contributed by atoms with van der Waals surface area (Å²) in [5, 5.41) is 3.37. The molecule has 0 bridgehead atoms. The van der Waals surface area contributed by atoms with Crippen LogP contribution in [0.2, 0.25) is 0 Å². The Hall–Kier alpha value is -1.32. The first-order valence-electron chi connectivity index (χ1n) is 7.55. The third-order valence-corrected chi connectivity index (χ3v) is 3.78. The Labute approximate surface area is 116 Å². The van der Waals surface area contributed by atoms with E-state index in [1.807, 2.05) is 0 Å². The van der Waals surface area contributed by atoms with E-state index in [9.17, 15) is 0 Å². The molecule has 1 fully saturated rings. The van der Waals surface area contributed by atoms with E-state index in [1.165, 1.54) is 19.3 Å². The fourth-order valence-electron chi connectivity index (χ4n) is 2.34. The van der Waals surface area contributed by atoms with E-state index in [0.29, 0.717) is 0 Å². The van der Waals surface area contributed by atoms with Crippen molar-refractivity contribution >= 4 is 11.6 Å². The van der Waals surface area contributed by atoms with Crippen LogP contribution < -0.4 is 10.2 Å². The second kappa shape index (κ2) is 6.73. The van der Waals surface area contributed by atoms with Gasteiger partial charge in [-0.15, -0.1) is 0 Å². The van der Waals surface area contributed by atoms with Gasteiger partial charge in [0.15, 0.2) is 0 Å². The van der Waals surface area contributed by atoms with Crippen molar-refractivity contribution in [2.75, 3.05) is 30.4 Å². The van der Waals surface area contributed by atoms with Gasteiger partial charge < -0.3 is 10.2 Å². The van der Waals surface area contributed by atoms with Crippen molar-refractivity contribution in [1.82, 2.24) is 9.97 Å². The van der Waals surface area contributed by atoms with Crippen LogP contribution in [0.15, 0.2) is 6.07 Å². The third-order valence-electron chi connectivity index (χ3n) is 3.78. The monoisotopic (exact) mass is 262 g/mol. The zero-order valence-electron chi connectivity index (χ0n) is 12.4. The second-order valence-corrected chi connectivity index (χ2v) is 5.49. The van der Waals surface area contributed by atoms with Crippen molar-refractivity contribution in [2.45, 2.75) is 46.0 Å². The molecule has 0 atom stereocenters. The minimum atomic E-state index is 0.858. The molecular formula is C15H26N4. The van der Waals surface area contributed by atoms with Gasteiger partial charge in [-0.1, -0.05) is 20.3 Å². The topological polar surface area (TPSA) is 41.0 Å². The first-order valence-corrected chi connectivity index (χ1v) is 7.55. The first-order chi connectivity index (χ1) is 9.22. The van der Waals surface area contributed by atoms with Gasteiger partial charge in [-0.05, 0) is 25.2 Å². The molecule has 4 nitrogen and oxygen atoms in total. The minimum absolute atomic E-state index is 0.858. The zero-order chi connectivity index (χ0) is 13.7. The lowest BCUT2D eigenvalue weighted by Gasteiger charge is -2.30. The van der Waals surface area contributed by atoms with Gasteiger partial charge in [-0.2, -0.15) is 0 Å². The molecule has 1 N–H and O–H groups in total. The fraction of sp³-hybridized carbons (Fsp3) is 0.733. The predicted molar refractivity (Wildman–Crippen MR) is 80.8 cm³/mol. The van der Waals surface area contributed by atoms with Gasteiger partial charge in [0, 0.05) is 32.6 Å². The normalized spacial score (nSPS) is 15.1. The Morgan fingerprint density at radius 2 is 2.11 bits per heavy atom. The maximum absolute atomic E-state index is 4.65. The van der Waals surface area contributed by atoms with Crippen molar-refractivity contribution in [3.8, 4) is 0 Å². The van der Waals surface area contributed by atoms with Crippen molar-refractivity contribution in [3.63, 3.8) is 0 Å². The van der Waals surface area contributed by atoms with Crippen LogP contribution in [0.1, 0.15) is 45.4 Å². The summed E-state index contributed by atoms with van der Waals surface area (Å²) in [6.45, 7) is 6.35. The van der Waals surface area contributed by atoms with Crippen molar-refractivity contribution in [2.24, 2.45) is 5.92 Å². The van der Waals surface area contributed by atoms with Gasteiger partial charge in [0.05, 0.1) is 0 Å². The molecule has 0 aliphatic heterocycles. The first kappa shape index (κ1) is 14.1. The van der Waals surface area contributed by atoms with Crippen LogP contribution in [0.3, 0.4) is 0 Å². The van der Waals surface area contributed by atoms with Crippen LogP contribution in [-0.4, -0.2) is 30.1 Å². The number of aryl methyl sites for hydroxylation is 1. The largest absolute Gasteiger partial charge is 0.370 e. The van der Waals surface area contributed by atoms with E-state index in [0.717, 1.165) is 49.3 Å². The highest BCUT2D eigenvalue weighted by Crippen LogP contribution is 2.28. The summed E-state index contributed by atoms with van der Waals surface area (Å²) in [7, 11) is 2.14. The van der Waals surface area contributed by atoms with E-state index in [1.54, 1.807) is 0 Å². The van der Waals surface area contributed by atoms with Crippen LogP contribution in [0.5, 0.6) is 0 Å². The van der Waals surface area contributed by atoms with Crippen LogP contribution in [0.25, 0.3) is 0 Å². The predicted octanol–water partition coefficient (Wildman–Crippen LogP) is 3.10. The SMILES string of the molecule is CCCNc1cc(N(C)CC2CCC2)nc(CC)n1. The average Bonchev–Trinajstić information content (AvgIpc) is 2.39. The van der Waals surface area contributed by atoms with Gasteiger partial charge in [0.1, 0.15) is 17.5 Å². The summed E-state index contributed by atoms with van der Waals surface area (Å²) in [4.78, 5) is 11.5. The Morgan fingerprint density at radius 1 is 1.32 bits per heavy atom. The number of anilines is 2. The molecule has 106 valence electrons. The number of nitrogens with one attached hydrogen (secondary N) is 1. The van der Waals surface area contributed by atoms with Gasteiger partial charge in [-0.25, -0.2) is 9.97 Å². The molecule has 19 heavy (non-hydrogen) atoms. The Bertz CT molecular complexity index is 401. The van der Waals surface area contributed by atoms with E-state index in [-0.39, 0.29) is 0 Å². The second-order valence-electron chi connectivity index (χ2n) is 5.49. The Balaban J connectivity index is 2.07. The molecule has 1 saturated carbocycles. The molecule has 0 unspecified atom stereocenters. The van der Waals surface area contributed by atoms with Crippen LogP contribution in [0, 0.1) is 5.92 Å². The number of aromatic nitrogens is 2. The molecule has 1 aliphatic rings. The van der Waals surface area contributed by atoms with E-state index in [2.05, 4.69) is 47.1 Å². The summed E-state index contributed by atoms with van der Waals surface area (Å²) < 4.78 is 0. The highest BCUT2D eigenvalue weighted by atomic mass is 15.2. The smallest absolute Gasteiger partial charge is 0.134 e. The van der Waals surface area contributed by atoms with Gasteiger partial charge in [0.25, 0.3) is 0 Å². The summed E-state index contributed by atoms with van der Waals surface area (Å²) >= 11 is 0. The van der Waals surface area contributed by atoms with Gasteiger partial charge in [0.2, 0.25) is 0 Å². The van der Waals surface area contributed by atoms with Crippen molar-refractivity contribution in [1.29, 1.82) is 0 Å². The molecule has 1 aromatic heterocycles. The highest BCUT2D eigenvalue weighted by molar-refractivity contribution is 5.49. The number of hydrogen-bond acceptors (Lipinski definition) is 4. The lowest BCUT2D eigenvalue weighted by molar-refractivity contribution is 0.321. The van der Waals surface area contributed by atoms with E-state index < -0.39 is 0 Å². The van der Waals surface area contributed by atoms with Crippen molar-refractivity contribution < 1.29 is 0 Å². The molecule has 4 heteroatoms. The zero-order valence-corrected chi connectivity index (χ0v) is 12.4. The van der Waals surface area contributed by atoms with Crippen LogP contribution in [-0.2, 0) is 6.42 Å². The van der Waals surface area contributed by atoms with Crippen LogP contribution in [0.4, 0.5) is 11.6 Å². The molecule has 1 heterocycles. The van der Waals surface area contributed by atoms with E-state index in [4.69, 9.17) is 0 Å². The lowest BCUT2D eigenvalue weighted by atomic mass is 9.85. The molecule has 0 saturated heterocycles. The molecule has 0 spiro atoms. The highest BCUT2D eigenvalue weighted by Gasteiger charge is 2.20. The molecule has 0 radical (unpaired) electrons.